The van der Waals surface area contributed by atoms with Crippen molar-refractivity contribution in [3.8, 4) is 0 Å². The molecule has 0 aliphatic heterocycles. The Morgan fingerprint density at radius 3 is 2.00 bits per heavy atom. The number of nitrogens with two attached hydrogens (primary N) is 2. The molecule has 0 heterocycles. The Balaban J connectivity index is 2.01. The molecule has 4 fully saturated rings. The van der Waals surface area contributed by atoms with Gasteiger partial charge in [-0.3, -0.25) is 0 Å². The maximum absolute atomic E-state index is 6.49. The topological polar surface area (TPSA) is 52.0 Å². The minimum absolute atomic E-state index is 0.101. The van der Waals surface area contributed by atoms with E-state index in [1.165, 1.54) is 38.5 Å². The predicted molar refractivity (Wildman–Crippen MR) is 57.8 cm³/mol. The van der Waals surface area contributed by atoms with Crippen LogP contribution < -0.4 is 11.5 Å². The van der Waals surface area contributed by atoms with Gasteiger partial charge in [0.2, 0.25) is 0 Å². The van der Waals surface area contributed by atoms with Crippen molar-refractivity contribution in [2.75, 3.05) is 0 Å². The predicted octanol–water partition coefficient (Wildman–Crippen LogP) is 1.78. The summed E-state index contributed by atoms with van der Waals surface area (Å²) in [6, 6.07) is 0. The van der Waals surface area contributed by atoms with Crippen LogP contribution in [0.3, 0.4) is 0 Å². The molecule has 2 nitrogen and oxygen atoms in total. The Hall–Kier alpha value is -0.0800. The highest BCUT2D eigenvalue weighted by Crippen LogP contribution is 2.62. The largest absolute Gasteiger partial charge is 0.325 e. The Morgan fingerprint density at radius 2 is 1.57 bits per heavy atom. The molecule has 4 aliphatic rings. The van der Waals surface area contributed by atoms with E-state index < -0.39 is 0 Å². The molecule has 0 amide bonds. The maximum atomic E-state index is 6.49. The van der Waals surface area contributed by atoms with Crippen LogP contribution in [0.2, 0.25) is 0 Å². The summed E-state index contributed by atoms with van der Waals surface area (Å²) < 4.78 is 0. The average Bonchev–Trinajstić information content (AvgIpc) is 1.97. The molecule has 4 N–H and O–H groups in total. The third kappa shape index (κ3) is 1.10. The average molecular weight is 194 g/mol. The highest BCUT2D eigenvalue weighted by Gasteiger charge is 2.60. The van der Waals surface area contributed by atoms with Gasteiger partial charge in [-0.2, -0.15) is 0 Å². The van der Waals surface area contributed by atoms with Gasteiger partial charge in [-0.05, 0) is 49.9 Å². The van der Waals surface area contributed by atoms with Crippen LogP contribution in [0.1, 0.15) is 51.9 Å². The van der Waals surface area contributed by atoms with Crippen LogP contribution in [0.25, 0.3) is 0 Å². The zero-order valence-electron chi connectivity index (χ0n) is 9.18. The quantitative estimate of drug-likeness (QED) is 0.668. The SMILES string of the molecule is CCC12CC3CC(N)(CC(N)(C3)C1)C2. The molecular weight excluding hydrogens is 172 g/mol. The second-order valence-corrected chi connectivity index (χ2v) is 6.59. The molecular formula is C12H22N2. The Labute approximate surface area is 86.4 Å². The monoisotopic (exact) mass is 194 g/mol. The van der Waals surface area contributed by atoms with Gasteiger partial charge >= 0.3 is 0 Å². The Kier molecular flexibility index (Phi) is 1.54. The van der Waals surface area contributed by atoms with E-state index >= 15 is 0 Å². The maximum Gasteiger partial charge on any atom is 0.0179 e. The fraction of sp³-hybridized carbons (Fsp3) is 1.00. The molecule has 2 unspecified atom stereocenters. The highest BCUT2D eigenvalue weighted by atomic mass is 14.9. The van der Waals surface area contributed by atoms with Crippen LogP contribution in [-0.2, 0) is 0 Å². The highest BCUT2D eigenvalue weighted by molar-refractivity contribution is 5.17. The molecule has 0 aromatic heterocycles. The molecule has 4 bridgehead atoms. The van der Waals surface area contributed by atoms with Gasteiger partial charge in [-0.25, -0.2) is 0 Å². The van der Waals surface area contributed by atoms with Crippen molar-refractivity contribution in [2.24, 2.45) is 22.8 Å². The smallest absolute Gasteiger partial charge is 0.0179 e. The first-order valence-corrected chi connectivity index (χ1v) is 6.04. The zero-order chi connectivity index (χ0) is 10.0. The second-order valence-electron chi connectivity index (χ2n) is 6.59. The van der Waals surface area contributed by atoms with E-state index in [0.717, 1.165) is 12.3 Å². The minimum Gasteiger partial charge on any atom is -0.325 e. The first-order chi connectivity index (χ1) is 6.47. The van der Waals surface area contributed by atoms with E-state index in [2.05, 4.69) is 6.92 Å². The normalized spacial score (nSPS) is 60.6. The van der Waals surface area contributed by atoms with Crippen molar-refractivity contribution < 1.29 is 0 Å². The third-order valence-corrected chi connectivity index (χ3v) is 5.02. The summed E-state index contributed by atoms with van der Waals surface area (Å²) in [6.45, 7) is 2.32. The van der Waals surface area contributed by atoms with Crippen molar-refractivity contribution >= 4 is 0 Å². The van der Waals surface area contributed by atoms with Gasteiger partial charge < -0.3 is 11.5 Å². The van der Waals surface area contributed by atoms with Gasteiger partial charge in [0, 0.05) is 11.1 Å². The summed E-state index contributed by atoms with van der Waals surface area (Å²) in [5.41, 5.74) is 13.7. The van der Waals surface area contributed by atoms with E-state index in [-0.39, 0.29) is 11.1 Å². The number of hydrogen-bond donors (Lipinski definition) is 2. The molecule has 0 aromatic rings. The molecule has 0 saturated heterocycles. The van der Waals surface area contributed by atoms with Crippen LogP contribution in [0.5, 0.6) is 0 Å². The molecule has 2 heteroatoms. The second kappa shape index (κ2) is 2.35. The van der Waals surface area contributed by atoms with Crippen LogP contribution in [0.4, 0.5) is 0 Å². The lowest BCUT2D eigenvalue weighted by Crippen LogP contribution is -2.69. The molecule has 4 aliphatic carbocycles. The van der Waals surface area contributed by atoms with E-state index in [9.17, 15) is 0 Å². The van der Waals surface area contributed by atoms with Crippen LogP contribution in [0, 0.1) is 11.3 Å². The molecule has 0 radical (unpaired) electrons. The summed E-state index contributed by atoms with van der Waals surface area (Å²) in [5.74, 6) is 0.834. The number of hydrogen-bond acceptors (Lipinski definition) is 2. The fourth-order valence-corrected chi connectivity index (χ4v) is 5.19. The lowest BCUT2D eigenvalue weighted by Gasteiger charge is -2.64. The molecule has 0 aromatic carbocycles. The van der Waals surface area contributed by atoms with E-state index in [1.54, 1.807) is 0 Å². The van der Waals surface area contributed by atoms with Crippen molar-refractivity contribution in [1.29, 1.82) is 0 Å². The fourth-order valence-electron chi connectivity index (χ4n) is 5.19. The summed E-state index contributed by atoms with van der Waals surface area (Å²) in [7, 11) is 0. The van der Waals surface area contributed by atoms with E-state index in [0.29, 0.717) is 5.41 Å². The van der Waals surface area contributed by atoms with Crippen molar-refractivity contribution in [1.82, 2.24) is 0 Å². The van der Waals surface area contributed by atoms with Crippen molar-refractivity contribution in [2.45, 2.75) is 62.9 Å². The van der Waals surface area contributed by atoms with Gasteiger partial charge in [-0.15, -0.1) is 0 Å². The summed E-state index contributed by atoms with van der Waals surface area (Å²) in [5, 5.41) is 0. The minimum atomic E-state index is 0.101. The van der Waals surface area contributed by atoms with E-state index in [4.69, 9.17) is 11.5 Å². The first kappa shape index (κ1) is 9.17. The van der Waals surface area contributed by atoms with Crippen LogP contribution in [-0.4, -0.2) is 11.1 Å². The first-order valence-electron chi connectivity index (χ1n) is 6.04. The summed E-state index contributed by atoms with van der Waals surface area (Å²) in [6.07, 6.45) is 8.74. The van der Waals surface area contributed by atoms with Crippen LogP contribution in [0.15, 0.2) is 0 Å². The standard InChI is InChI=1S/C12H22N2/c1-2-10-3-9-4-11(13,6-10)8-12(14,5-9)7-10/h9H,2-8,13-14H2,1H3. The Bertz CT molecular complexity index is 255. The van der Waals surface area contributed by atoms with Crippen LogP contribution >= 0.6 is 0 Å². The van der Waals surface area contributed by atoms with Gasteiger partial charge in [0.1, 0.15) is 0 Å². The van der Waals surface area contributed by atoms with Gasteiger partial charge in [0.05, 0.1) is 0 Å². The van der Waals surface area contributed by atoms with Crippen molar-refractivity contribution in [3.05, 3.63) is 0 Å². The summed E-state index contributed by atoms with van der Waals surface area (Å²) >= 11 is 0. The molecule has 80 valence electrons. The zero-order valence-corrected chi connectivity index (χ0v) is 9.18. The molecule has 0 spiro atoms. The van der Waals surface area contributed by atoms with Gasteiger partial charge in [0.25, 0.3) is 0 Å². The summed E-state index contributed by atoms with van der Waals surface area (Å²) in [4.78, 5) is 0. The Morgan fingerprint density at radius 1 is 1.00 bits per heavy atom. The lowest BCUT2D eigenvalue weighted by atomic mass is 9.44. The third-order valence-electron chi connectivity index (χ3n) is 5.02. The molecule has 4 saturated carbocycles. The number of rotatable bonds is 1. The van der Waals surface area contributed by atoms with E-state index in [1.807, 2.05) is 0 Å². The lowest BCUT2D eigenvalue weighted by molar-refractivity contribution is -0.0820. The van der Waals surface area contributed by atoms with Gasteiger partial charge in [-0.1, -0.05) is 13.3 Å². The molecule has 2 atom stereocenters. The molecule has 4 rings (SSSR count). The molecule has 14 heavy (non-hydrogen) atoms. The van der Waals surface area contributed by atoms with Gasteiger partial charge in [0.15, 0.2) is 0 Å². The van der Waals surface area contributed by atoms with Crippen molar-refractivity contribution in [3.63, 3.8) is 0 Å².